The first kappa shape index (κ1) is 17.7. The van der Waals surface area contributed by atoms with E-state index in [1.165, 1.54) is 42.4 Å². The minimum absolute atomic E-state index is 0.142. The maximum atomic E-state index is 13.8. The van der Waals surface area contributed by atoms with Crippen molar-refractivity contribution in [3.05, 3.63) is 71.3 Å². The fourth-order valence-corrected chi connectivity index (χ4v) is 2.28. The number of hydrogen-bond donors (Lipinski definition) is 0. The summed E-state index contributed by atoms with van der Waals surface area (Å²) in [6, 6.07) is 10.3. The molecule has 0 aliphatic rings. The van der Waals surface area contributed by atoms with E-state index in [1.54, 1.807) is 38.2 Å². The van der Waals surface area contributed by atoms with Crippen LogP contribution in [-0.2, 0) is 4.79 Å². The standard InChI is InChI=1S/C19H19F2NO2/c1-13(15-6-4-5-7-16(15)20)22(2)19(23)11-9-14-8-10-18(24-3)17(21)12-14/h4-13H,1-3H3. The average molecular weight is 331 g/mol. The zero-order chi connectivity index (χ0) is 17.7. The van der Waals surface area contributed by atoms with Gasteiger partial charge in [-0.05, 0) is 36.8 Å². The molecule has 0 N–H and O–H groups in total. The molecule has 0 heterocycles. The van der Waals surface area contributed by atoms with Crippen LogP contribution in [0.1, 0.15) is 24.1 Å². The maximum Gasteiger partial charge on any atom is 0.246 e. The number of hydrogen-bond acceptors (Lipinski definition) is 2. The Bertz CT molecular complexity index is 759. The molecule has 0 fully saturated rings. The van der Waals surface area contributed by atoms with Gasteiger partial charge in [-0.15, -0.1) is 0 Å². The van der Waals surface area contributed by atoms with Gasteiger partial charge in [-0.25, -0.2) is 8.78 Å². The highest BCUT2D eigenvalue weighted by atomic mass is 19.1. The Kier molecular flexibility index (Phi) is 5.68. The average Bonchev–Trinajstić information content (AvgIpc) is 2.59. The zero-order valence-corrected chi connectivity index (χ0v) is 13.8. The summed E-state index contributed by atoms with van der Waals surface area (Å²) in [5, 5.41) is 0. The molecule has 126 valence electrons. The van der Waals surface area contributed by atoms with Gasteiger partial charge in [0.15, 0.2) is 11.6 Å². The topological polar surface area (TPSA) is 29.5 Å². The molecule has 0 aliphatic heterocycles. The molecule has 3 nitrogen and oxygen atoms in total. The van der Waals surface area contributed by atoms with Crippen molar-refractivity contribution in [2.75, 3.05) is 14.2 Å². The number of likely N-dealkylation sites (N-methyl/N-ethyl adjacent to an activating group) is 1. The van der Waals surface area contributed by atoms with Crippen LogP contribution in [0.2, 0.25) is 0 Å². The van der Waals surface area contributed by atoms with Crippen LogP contribution in [0.3, 0.4) is 0 Å². The lowest BCUT2D eigenvalue weighted by Gasteiger charge is -2.24. The van der Waals surface area contributed by atoms with E-state index in [2.05, 4.69) is 0 Å². The van der Waals surface area contributed by atoms with Crippen LogP contribution < -0.4 is 4.74 Å². The van der Waals surface area contributed by atoms with Crippen molar-refractivity contribution in [1.82, 2.24) is 4.90 Å². The lowest BCUT2D eigenvalue weighted by Crippen LogP contribution is -2.28. The summed E-state index contributed by atoms with van der Waals surface area (Å²) in [7, 11) is 2.98. The molecule has 1 atom stereocenters. The smallest absolute Gasteiger partial charge is 0.246 e. The van der Waals surface area contributed by atoms with Gasteiger partial charge in [0.1, 0.15) is 5.82 Å². The molecule has 0 saturated heterocycles. The van der Waals surface area contributed by atoms with Crippen LogP contribution in [-0.4, -0.2) is 25.0 Å². The predicted octanol–water partition coefficient (Wildman–Crippen LogP) is 4.21. The third-order valence-electron chi connectivity index (χ3n) is 3.88. The van der Waals surface area contributed by atoms with Crippen LogP contribution in [0, 0.1) is 11.6 Å². The van der Waals surface area contributed by atoms with Crippen LogP contribution in [0.4, 0.5) is 8.78 Å². The van der Waals surface area contributed by atoms with E-state index in [-0.39, 0.29) is 17.5 Å². The molecule has 5 heteroatoms. The molecule has 0 spiro atoms. The van der Waals surface area contributed by atoms with Crippen LogP contribution in [0.15, 0.2) is 48.5 Å². The fourth-order valence-electron chi connectivity index (χ4n) is 2.28. The Hall–Kier alpha value is -2.69. The molecule has 2 rings (SSSR count). The Labute approximate surface area is 140 Å². The van der Waals surface area contributed by atoms with Gasteiger partial charge in [0.2, 0.25) is 5.91 Å². The van der Waals surface area contributed by atoms with Crippen LogP contribution >= 0.6 is 0 Å². The zero-order valence-electron chi connectivity index (χ0n) is 13.8. The van der Waals surface area contributed by atoms with Crippen molar-refractivity contribution in [1.29, 1.82) is 0 Å². The summed E-state index contributed by atoms with van der Waals surface area (Å²) in [5.74, 6) is -1.02. The van der Waals surface area contributed by atoms with Crippen molar-refractivity contribution < 1.29 is 18.3 Å². The minimum atomic E-state index is -0.500. The van der Waals surface area contributed by atoms with Crippen LogP contribution in [0.25, 0.3) is 6.08 Å². The number of halogens is 2. The Morgan fingerprint density at radius 1 is 1.17 bits per heavy atom. The molecule has 2 aromatic carbocycles. The molecule has 2 aromatic rings. The number of methoxy groups -OCH3 is 1. The number of carbonyl (C=O) groups excluding carboxylic acids is 1. The van der Waals surface area contributed by atoms with Gasteiger partial charge in [-0.2, -0.15) is 0 Å². The fraction of sp³-hybridized carbons (Fsp3) is 0.211. The minimum Gasteiger partial charge on any atom is -0.494 e. The number of carbonyl (C=O) groups is 1. The predicted molar refractivity (Wildman–Crippen MR) is 89.6 cm³/mol. The van der Waals surface area contributed by atoms with Crippen molar-refractivity contribution in [3.63, 3.8) is 0 Å². The van der Waals surface area contributed by atoms with Crippen molar-refractivity contribution in [3.8, 4) is 5.75 Å². The number of nitrogens with zero attached hydrogens (tertiary/aromatic N) is 1. The summed E-state index contributed by atoms with van der Waals surface area (Å²) in [6.45, 7) is 1.75. The van der Waals surface area contributed by atoms with Crippen molar-refractivity contribution in [2.45, 2.75) is 13.0 Å². The van der Waals surface area contributed by atoms with E-state index in [1.807, 2.05) is 0 Å². The van der Waals surface area contributed by atoms with Gasteiger partial charge in [0, 0.05) is 18.7 Å². The van der Waals surface area contributed by atoms with E-state index in [4.69, 9.17) is 4.74 Å². The summed E-state index contributed by atoms with van der Waals surface area (Å²) in [5.41, 5.74) is 0.978. The molecule has 1 amide bonds. The Balaban J connectivity index is 2.11. The molecule has 0 aliphatic carbocycles. The summed E-state index contributed by atoms with van der Waals surface area (Å²) >= 11 is 0. The van der Waals surface area contributed by atoms with Gasteiger partial charge in [0.25, 0.3) is 0 Å². The molecular weight excluding hydrogens is 312 g/mol. The first-order valence-corrected chi connectivity index (χ1v) is 7.47. The first-order chi connectivity index (χ1) is 11.4. The second-order valence-electron chi connectivity index (χ2n) is 5.37. The van der Waals surface area contributed by atoms with E-state index < -0.39 is 11.9 Å². The first-order valence-electron chi connectivity index (χ1n) is 7.47. The monoisotopic (exact) mass is 331 g/mol. The van der Waals surface area contributed by atoms with Crippen LogP contribution in [0.5, 0.6) is 5.75 Å². The highest BCUT2D eigenvalue weighted by Crippen LogP contribution is 2.22. The van der Waals surface area contributed by atoms with Gasteiger partial charge >= 0.3 is 0 Å². The second-order valence-corrected chi connectivity index (χ2v) is 5.37. The van der Waals surface area contributed by atoms with E-state index in [0.717, 1.165) is 0 Å². The SMILES string of the molecule is COc1ccc(C=CC(=O)N(C)C(C)c2ccccc2F)cc1F. The molecule has 0 bridgehead atoms. The van der Waals surface area contributed by atoms with E-state index in [0.29, 0.717) is 11.1 Å². The Morgan fingerprint density at radius 2 is 1.88 bits per heavy atom. The van der Waals surface area contributed by atoms with Crippen molar-refractivity contribution in [2.24, 2.45) is 0 Å². The Morgan fingerprint density at radius 3 is 2.50 bits per heavy atom. The maximum absolute atomic E-state index is 13.8. The molecule has 0 saturated carbocycles. The van der Waals surface area contributed by atoms with E-state index >= 15 is 0 Å². The summed E-state index contributed by atoms with van der Waals surface area (Å²) < 4.78 is 32.3. The summed E-state index contributed by atoms with van der Waals surface area (Å²) in [6.07, 6.45) is 2.84. The number of benzene rings is 2. The van der Waals surface area contributed by atoms with Gasteiger partial charge in [-0.1, -0.05) is 24.3 Å². The van der Waals surface area contributed by atoms with Crippen molar-refractivity contribution >= 4 is 12.0 Å². The third-order valence-corrected chi connectivity index (χ3v) is 3.88. The quantitative estimate of drug-likeness (QED) is 0.768. The highest BCUT2D eigenvalue weighted by Gasteiger charge is 2.18. The lowest BCUT2D eigenvalue weighted by molar-refractivity contribution is -0.126. The molecular formula is C19H19F2NO2. The molecule has 0 radical (unpaired) electrons. The normalized spacial score (nSPS) is 12.2. The molecule has 0 aromatic heterocycles. The molecule has 24 heavy (non-hydrogen) atoms. The van der Waals surface area contributed by atoms with E-state index in [9.17, 15) is 13.6 Å². The highest BCUT2D eigenvalue weighted by molar-refractivity contribution is 5.91. The second kappa shape index (κ2) is 7.73. The molecule has 1 unspecified atom stereocenters. The third kappa shape index (κ3) is 3.98. The van der Waals surface area contributed by atoms with Gasteiger partial charge < -0.3 is 9.64 Å². The number of ether oxygens (including phenoxy) is 1. The van der Waals surface area contributed by atoms with Gasteiger partial charge in [0.05, 0.1) is 13.2 Å². The lowest BCUT2D eigenvalue weighted by atomic mass is 10.1. The number of rotatable bonds is 5. The van der Waals surface area contributed by atoms with Gasteiger partial charge in [-0.3, -0.25) is 4.79 Å². The largest absolute Gasteiger partial charge is 0.494 e. The number of amides is 1. The summed E-state index contributed by atoms with van der Waals surface area (Å²) in [4.78, 5) is 13.7.